The van der Waals surface area contributed by atoms with Gasteiger partial charge in [-0.25, -0.2) is 0 Å². The normalized spacial score (nSPS) is 10.7. The second kappa shape index (κ2) is 6.05. The summed E-state index contributed by atoms with van der Waals surface area (Å²) >= 11 is 1.63. The molecule has 0 atom stereocenters. The average Bonchev–Trinajstić information content (AvgIpc) is 2.82. The third kappa shape index (κ3) is 4.55. The van der Waals surface area contributed by atoms with Crippen LogP contribution in [0, 0.1) is 11.5 Å². The number of rotatable bonds is 3. The molecule has 2 rings (SSSR count). The van der Waals surface area contributed by atoms with Crippen LogP contribution in [-0.4, -0.2) is 13.1 Å². The van der Waals surface area contributed by atoms with E-state index in [1.54, 1.807) is 23.7 Å². The first kappa shape index (κ1) is 13.8. The molecule has 0 bridgehead atoms. The van der Waals surface area contributed by atoms with Gasteiger partial charge in [-0.3, -0.25) is 4.98 Å². The average molecular weight is 287 g/mol. The van der Waals surface area contributed by atoms with Crippen LogP contribution in [0.5, 0.6) is 5.75 Å². The van der Waals surface area contributed by atoms with E-state index in [1.165, 1.54) is 0 Å². The first-order valence-electron chi connectivity index (χ1n) is 6.16. The van der Waals surface area contributed by atoms with E-state index in [9.17, 15) is 0 Å². The van der Waals surface area contributed by atoms with Crippen LogP contribution in [0.25, 0.3) is 0 Å². The minimum absolute atomic E-state index is 0.556. The summed E-state index contributed by atoms with van der Waals surface area (Å²) in [4.78, 5) is 3.99. The quantitative estimate of drug-likeness (QED) is 0.630. The predicted molar refractivity (Wildman–Crippen MR) is 83.1 cm³/mol. The Bertz CT molecular complexity index is 590. The van der Waals surface area contributed by atoms with Crippen molar-refractivity contribution in [2.45, 2.75) is 26.2 Å². The molecule has 2 aromatic rings. The van der Waals surface area contributed by atoms with Crippen LogP contribution in [0.3, 0.4) is 0 Å². The van der Waals surface area contributed by atoms with E-state index in [2.05, 4.69) is 41.5 Å². The standard InChI is InChI=1S/C15H17NOSSi/c1-19(2,3)9-6-14-11-18-12-15(14)17-10-13-4-7-16-8-5-13/h4-5,7-8,11-12H,10H2,1-3H3. The largest absolute Gasteiger partial charge is 0.487 e. The van der Waals surface area contributed by atoms with Gasteiger partial charge in [0.15, 0.2) is 0 Å². The lowest BCUT2D eigenvalue weighted by Crippen LogP contribution is -2.16. The molecule has 0 aliphatic carbocycles. The van der Waals surface area contributed by atoms with Gasteiger partial charge in [0.1, 0.15) is 20.4 Å². The molecule has 98 valence electrons. The van der Waals surface area contributed by atoms with Gasteiger partial charge >= 0.3 is 0 Å². The Balaban J connectivity index is 2.06. The highest BCUT2D eigenvalue weighted by Gasteiger charge is 2.09. The van der Waals surface area contributed by atoms with Crippen LogP contribution in [0.15, 0.2) is 35.3 Å². The van der Waals surface area contributed by atoms with E-state index < -0.39 is 8.07 Å². The lowest BCUT2D eigenvalue weighted by molar-refractivity contribution is 0.306. The van der Waals surface area contributed by atoms with Crippen molar-refractivity contribution in [3.05, 3.63) is 46.4 Å². The van der Waals surface area contributed by atoms with Crippen molar-refractivity contribution in [2.24, 2.45) is 0 Å². The number of thiophene rings is 1. The van der Waals surface area contributed by atoms with Crippen molar-refractivity contribution in [3.63, 3.8) is 0 Å². The zero-order chi connectivity index (χ0) is 13.7. The van der Waals surface area contributed by atoms with Gasteiger partial charge in [0, 0.05) is 23.2 Å². The van der Waals surface area contributed by atoms with Gasteiger partial charge in [-0.2, -0.15) is 0 Å². The minimum Gasteiger partial charge on any atom is -0.487 e. The van der Waals surface area contributed by atoms with Crippen LogP contribution in [0.1, 0.15) is 11.1 Å². The van der Waals surface area contributed by atoms with E-state index in [4.69, 9.17) is 4.74 Å². The molecule has 0 fully saturated rings. The molecule has 0 aromatic carbocycles. The van der Waals surface area contributed by atoms with Crippen molar-refractivity contribution in [1.29, 1.82) is 0 Å². The van der Waals surface area contributed by atoms with Crippen LogP contribution in [-0.2, 0) is 6.61 Å². The maximum Gasteiger partial charge on any atom is 0.146 e. The fourth-order valence-corrected chi connectivity index (χ4v) is 2.59. The van der Waals surface area contributed by atoms with E-state index in [0.29, 0.717) is 6.61 Å². The van der Waals surface area contributed by atoms with Crippen LogP contribution in [0.2, 0.25) is 19.6 Å². The number of hydrogen-bond acceptors (Lipinski definition) is 3. The smallest absolute Gasteiger partial charge is 0.146 e. The van der Waals surface area contributed by atoms with Gasteiger partial charge in [0.05, 0.1) is 5.56 Å². The molecule has 0 saturated carbocycles. The summed E-state index contributed by atoms with van der Waals surface area (Å²) in [5.41, 5.74) is 5.49. The molecule has 0 radical (unpaired) electrons. The van der Waals surface area contributed by atoms with Gasteiger partial charge in [-0.1, -0.05) is 25.6 Å². The Morgan fingerprint density at radius 1 is 1.21 bits per heavy atom. The first-order chi connectivity index (χ1) is 9.04. The van der Waals surface area contributed by atoms with E-state index in [1.807, 2.05) is 17.5 Å². The molecule has 0 unspecified atom stereocenters. The summed E-state index contributed by atoms with van der Waals surface area (Å²) in [7, 11) is -1.34. The summed E-state index contributed by atoms with van der Waals surface area (Å²) in [6, 6.07) is 3.92. The Hall–Kier alpha value is -1.57. The number of ether oxygens (including phenoxy) is 1. The molecule has 0 N–H and O–H groups in total. The van der Waals surface area contributed by atoms with Gasteiger partial charge < -0.3 is 4.74 Å². The number of pyridine rings is 1. The van der Waals surface area contributed by atoms with E-state index in [-0.39, 0.29) is 0 Å². The monoisotopic (exact) mass is 287 g/mol. The molecular weight excluding hydrogens is 270 g/mol. The highest BCUT2D eigenvalue weighted by molar-refractivity contribution is 7.08. The highest BCUT2D eigenvalue weighted by Crippen LogP contribution is 2.23. The Morgan fingerprint density at radius 2 is 1.95 bits per heavy atom. The molecular formula is C15H17NOSSi. The molecule has 2 aromatic heterocycles. The molecule has 2 nitrogen and oxygen atoms in total. The minimum atomic E-state index is -1.34. The Morgan fingerprint density at radius 3 is 2.63 bits per heavy atom. The van der Waals surface area contributed by atoms with Crippen LogP contribution in [0.4, 0.5) is 0 Å². The van der Waals surface area contributed by atoms with Gasteiger partial charge in [-0.15, -0.1) is 16.9 Å². The van der Waals surface area contributed by atoms with Gasteiger partial charge in [0.2, 0.25) is 0 Å². The second-order valence-electron chi connectivity index (χ2n) is 5.29. The summed E-state index contributed by atoms with van der Waals surface area (Å²) in [5, 5.41) is 4.06. The summed E-state index contributed by atoms with van der Waals surface area (Å²) in [5.74, 6) is 4.14. The molecule has 0 saturated heterocycles. The SMILES string of the molecule is C[Si](C)(C)C#Cc1cscc1OCc1ccncc1. The molecule has 0 aliphatic rings. The summed E-state index contributed by atoms with van der Waals surface area (Å²) < 4.78 is 5.82. The van der Waals surface area contributed by atoms with Crippen LogP contribution < -0.4 is 4.74 Å². The summed E-state index contributed by atoms with van der Waals surface area (Å²) in [6.45, 7) is 7.28. The Kier molecular flexibility index (Phi) is 4.41. The third-order valence-corrected chi connectivity index (χ3v) is 3.94. The van der Waals surface area contributed by atoms with E-state index >= 15 is 0 Å². The third-order valence-electron chi connectivity index (χ3n) is 2.34. The molecule has 0 spiro atoms. The second-order valence-corrected chi connectivity index (χ2v) is 10.8. The predicted octanol–water partition coefficient (Wildman–Crippen LogP) is 3.95. The zero-order valence-electron chi connectivity index (χ0n) is 11.4. The highest BCUT2D eigenvalue weighted by atomic mass is 32.1. The van der Waals surface area contributed by atoms with Crippen molar-refractivity contribution < 1.29 is 4.74 Å². The maximum atomic E-state index is 5.82. The van der Waals surface area contributed by atoms with Crippen molar-refractivity contribution >= 4 is 19.4 Å². The maximum absolute atomic E-state index is 5.82. The fraction of sp³-hybridized carbons (Fsp3) is 0.267. The summed E-state index contributed by atoms with van der Waals surface area (Å²) in [6.07, 6.45) is 3.55. The molecule has 0 aliphatic heterocycles. The van der Waals surface area contributed by atoms with Crippen LogP contribution >= 0.6 is 11.3 Å². The first-order valence-corrected chi connectivity index (χ1v) is 10.6. The molecule has 2 heterocycles. The molecule has 0 amide bonds. The molecule has 4 heteroatoms. The van der Waals surface area contributed by atoms with Gasteiger partial charge in [0.25, 0.3) is 0 Å². The molecule has 19 heavy (non-hydrogen) atoms. The van der Waals surface area contributed by atoms with Gasteiger partial charge in [-0.05, 0) is 17.7 Å². The van der Waals surface area contributed by atoms with Crippen molar-refractivity contribution in [1.82, 2.24) is 4.98 Å². The number of aromatic nitrogens is 1. The van der Waals surface area contributed by atoms with Crippen molar-refractivity contribution in [3.8, 4) is 17.2 Å². The van der Waals surface area contributed by atoms with E-state index in [0.717, 1.165) is 16.9 Å². The topological polar surface area (TPSA) is 22.1 Å². The Labute approximate surface area is 119 Å². The van der Waals surface area contributed by atoms with Crippen molar-refractivity contribution in [2.75, 3.05) is 0 Å². The number of hydrogen-bond donors (Lipinski definition) is 0. The lowest BCUT2D eigenvalue weighted by Gasteiger charge is -2.06. The zero-order valence-corrected chi connectivity index (χ0v) is 13.3. The lowest BCUT2D eigenvalue weighted by atomic mass is 10.3. The number of nitrogens with zero attached hydrogens (tertiary/aromatic N) is 1. The fourth-order valence-electron chi connectivity index (χ4n) is 1.38.